The van der Waals surface area contributed by atoms with Crippen LogP contribution in [0.5, 0.6) is 11.5 Å². The number of carbonyl (C=O) groups excluding carboxylic acids is 1. The Kier molecular flexibility index (Phi) is 10.3. The van der Waals surface area contributed by atoms with E-state index in [0.717, 1.165) is 64.6 Å². The van der Waals surface area contributed by atoms with Crippen LogP contribution in [0.25, 0.3) is 31.5 Å². The monoisotopic (exact) mass is 875 g/mol. The van der Waals surface area contributed by atoms with Gasteiger partial charge in [-0.3, -0.25) is 9.59 Å². The zero-order valence-electron chi connectivity index (χ0n) is 33.6. The highest BCUT2D eigenvalue weighted by Crippen LogP contribution is 2.43. The Morgan fingerprint density at radius 2 is 1.21 bits per heavy atom. The molecule has 3 aliphatic rings. The summed E-state index contributed by atoms with van der Waals surface area (Å²) in [4.78, 5) is 47.9. The van der Waals surface area contributed by atoms with E-state index in [1.54, 1.807) is 69.5 Å². The van der Waals surface area contributed by atoms with Gasteiger partial charge >= 0.3 is 5.97 Å². The highest BCUT2D eigenvalue weighted by atomic mass is 32.1. The second-order valence-corrected chi connectivity index (χ2v) is 17.7. The normalized spacial score (nSPS) is 19.6. The van der Waals surface area contributed by atoms with Gasteiger partial charge in [0.2, 0.25) is 5.91 Å². The molecule has 318 valence electrons. The van der Waals surface area contributed by atoms with Crippen LogP contribution < -0.4 is 20.1 Å². The van der Waals surface area contributed by atoms with E-state index in [2.05, 4.69) is 40.8 Å². The molecule has 8 aromatic rings. The lowest BCUT2D eigenvalue weighted by atomic mass is 9.87. The van der Waals surface area contributed by atoms with Gasteiger partial charge in [0.1, 0.15) is 34.0 Å². The first-order chi connectivity index (χ1) is 30.1. The van der Waals surface area contributed by atoms with E-state index in [9.17, 15) is 24.9 Å². The lowest BCUT2D eigenvalue weighted by molar-refractivity contribution is -0.142. The number of aliphatic hydroxyl groups is 2. The van der Waals surface area contributed by atoms with E-state index in [1.165, 1.54) is 11.9 Å². The molecule has 18 nitrogen and oxygen atoms in total. The van der Waals surface area contributed by atoms with Crippen molar-refractivity contribution in [2.45, 2.75) is 50.7 Å². The number of rotatable bonds is 8. The number of anilines is 4. The van der Waals surface area contributed by atoms with E-state index < -0.39 is 18.2 Å². The minimum atomic E-state index is -0.866. The number of thiophene rings is 2. The second-order valence-electron chi connectivity index (χ2n) is 15.6. The molecule has 0 aromatic carbocycles. The van der Waals surface area contributed by atoms with Gasteiger partial charge in [0.25, 0.3) is 0 Å². The number of aromatic nitrogens is 8. The van der Waals surface area contributed by atoms with Crippen molar-refractivity contribution in [3.05, 3.63) is 82.6 Å². The van der Waals surface area contributed by atoms with Gasteiger partial charge in [-0.25, -0.2) is 29.0 Å². The van der Waals surface area contributed by atoms with E-state index in [-0.39, 0.29) is 30.8 Å². The van der Waals surface area contributed by atoms with E-state index >= 15 is 0 Å². The van der Waals surface area contributed by atoms with Gasteiger partial charge in [-0.1, -0.05) is 0 Å². The van der Waals surface area contributed by atoms with Gasteiger partial charge in [0.15, 0.2) is 11.5 Å². The number of nitrogens with zero attached hydrogens (tertiary/aromatic N) is 9. The Balaban J connectivity index is 0.000000151. The SMILES string of the molecule is COc1cn2nccc2cc1Nc1ncnc2sc3c(c12)CC[C@H](C(=O)N1C[C@H](O)[C@@H](O)C1)C3.COc1cn2nccc2cc1Nc1ncnc2sc3c(c12)CC[C@H](C(=O)O)C3. The van der Waals surface area contributed by atoms with Crippen molar-refractivity contribution in [1.29, 1.82) is 0 Å². The second kappa shape index (κ2) is 16.1. The summed E-state index contributed by atoms with van der Waals surface area (Å²) in [6.45, 7) is 0.386. The van der Waals surface area contributed by atoms with Gasteiger partial charge in [-0.15, -0.1) is 22.7 Å². The summed E-state index contributed by atoms with van der Waals surface area (Å²) in [5.41, 5.74) is 5.77. The van der Waals surface area contributed by atoms with E-state index in [0.29, 0.717) is 55.2 Å². The third-order valence-corrected chi connectivity index (χ3v) is 14.2. The number of amides is 1. The minimum Gasteiger partial charge on any atom is -0.493 e. The predicted octanol–water partition coefficient (Wildman–Crippen LogP) is 5.04. The number of hydrogen-bond donors (Lipinski definition) is 5. The standard InChI is InChI=1S/C23H24N6O4S.C19H17N5O3S/c1-33-18-10-29-13(4-5-26-29)7-15(18)27-21-20-14-3-2-12(6-19(14)34-22(20)25-11-24-21)23(32)28-8-16(30)17(31)9-28;1-27-14-8-24-11(4-5-22-24)7-13(14)23-17-16-12-3-2-10(19(25)26)6-15(12)28-18(16)21-9-20-17/h4-5,7,10-12,16-17,30-31H,2-3,6,8-9H2,1H3,(H,24,25,27);4-5,7-10H,2-3,6H2,1H3,(H,25,26)(H,20,21,23)/t12-,16-,17-;10-/m00/s1. The molecule has 0 saturated carbocycles. The fourth-order valence-corrected chi connectivity index (χ4v) is 11.2. The lowest BCUT2D eigenvalue weighted by Crippen LogP contribution is -2.37. The lowest BCUT2D eigenvalue weighted by Gasteiger charge is -2.26. The third-order valence-electron chi connectivity index (χ3n) is 11.9. The molecule has 0 bridgehead atoms. The topological polar surface area (TPSA) is 227 Å². The van der Waals surface area contributed by atoms with Crippen molar-refractivity contribution >= 4 is 89.0 Å². The third kappa shape index (κ3) is 7.17. The van der Waals surface area contributed by atoms with E-state index in [1.807, 2.05) is 36.7 Å². The highest BCUT2D eigenvalue weighted by molar-refractivity contribution is 7.19. The maximum Gasteiger partial charge on any atom is 0.306 e. The first-order valence-corrected chi connectivity index (χ1v) is 21.7. The highest BCUT2D eigenvalue weighted by Gasteiger charge is 2.38. The predicted molar refractivity (Wildman–Crippen MR) is 232 cm³/mol. The van der Waals surface area contributed by atoms with Crippen LogP contribution in [0.3, 0.4) is 0 Å². The molecular formula is C42H41N11O7S2. The molecule has 1 saturated heterocycles. The molecule has 4 atom stereocenters. The van der Waals surface area contributed by atoms with Crippen molar-refractivity contribution < 1.29 is 34.4 Å². The summed E-state index contributed by atoms with van der Waals surface area (Å²) >= 11 is 3.16. The molecule has 9 heterocycles. The number of carboxylic acids is 1. The number of aliphatic hydroxyl groups excluding tert-OH is 2. The molecular weight excluding hydrogens is 835 g/mol. The van der Waals surface area contributed by atoms with Crippen molar-refractivity contribution in [3.8, 4) is 11.5 Å². The van der Waals surface area contributed by atoms with Crippen molar-refractivity contribution in [2.75, 3.05) is 37.9 Å². The van der Waals surface area contributed by atoms with Gasteiger partial charge in [0.05, 0.1) is 77.9 Å². The number of fused-ring (bicyclic) bond motifs is 8. The summed E-state index contributed by atoms with van der Waals surface area (Å²) in [6.07, 6.45) is 12.4. The van der Waals surface area contributed by atoms with Crippen LogP contribution in [0.2, 0.25) is 0 Å². The number of pyridine rings is 2. The van der Waals surface area contributed by atoms with Crippen molar-refractivity contribution in [2.24, 2.45) is 11.8 Å². The van der Waals surface area contributed by atoms with Gasteiger partial charge in [-0.05, 0) is 73.9 Å². The van der Waals surface area contributed by atoms with Gasteiger partial charge in [-0.2, -0.15) is 10.2 Å². The number of methoxy groups -OCH3 is 2. The smallest absolute Gasteiger partial charge is 0.306 e. The Bertz CT molecular complexity index is 3010. The maximum atomic E-state index is 13.0. The molecule has 0 radical (unpaired) electrons. The average molecular weight is 876 g/mol. The van der Waals surface area contributed by atoms with Crippen LogP contribution in [-0.2, 0) is 35.3 Å². The number of carbonyl (C=O) groups is 2. The fraction of sp³-hybridized carbons (Fsp3) is 0.333. The quantitative estimate of drug-likeness (QED) is 0.135. The molecule has 0 spiro atoms. The Hall–Kier alpha value is -6.48. The molecule has 1 aliphatic heterocycles. The van der Waals surface area contributed by atoms with Gasteiger partial charge in [0, 0.05) is 41.2 Å². The van der Waals surface area contributed by atoms with E-state index in [4.69, 9.17) is 9.47 Å². The van der Waals surface area contributed by atoms with Crippen LogP contribution in [0.15, 0.2) is 61.7 Å². The zero-order valence-corrected chi connectivity index (χ0v) is 35.2. The number of β-amino-alcohol motifs (C(OH)–C–C–N with tert-alkyl or cyclic N) is 2. The first-order valence-electron chi connectivity index (χ1n) is 20.1. The summed E-state index contributed by atoms with van der Waals surface area (Å²) in [6, 6.07) is 7.76. The molecule has 20 heteroatoms. The van der Waals surface area contributed by atoms with Crippen LogP contribution in [-0.4, -0.2) is 111 Å². The molecule has 1 fully saturated rings. The summed E-state index contributed by atoms with van der Waals surface area (Å²) in [7, 11) is 3.23. The first kappa shape index (κ1) is 39.6. The number of nitrogens with one attached hydrogen (secondary N) is 2. The van der Waals surface area contributed by atoms with Crippen molar-refractivity contribution in [1.82, 2.24) is 44.1 Å². The number of carboxylic acid groups (broad SMARTS) is 1. The van der Waals surface area contributed by atoms with Crippen LogP contribution in [0, 0.1) is 11.8 Å². The number of aliphatic carboxylic acids is 1. The number of hydrogen-bond acceptors (Lipinski definition) is 16. The van der Waals surface area contributed by atoms with Crippen LogP contribution in [0.4, 0.5) is 23.0 Å². The number of likely N-dealkylation sites (tertiary alicyclic amines) is 1. The van der Waals surface area contributed by atoms with Gasteiger partial charge < -0.3 is 40.3 Å². The Morgan fingerprint density at radius 1 is 0.726 bits per heavy atom. The molecule has 11 rings (SSSR count). The summed E-state index contributed by atoms with van der Waals surface area (Å²) < 4.78 is 14.6. The molecule has 5 N–H and O–H groups in total. The molecule has 8 aromatic heterocycles. The fourth-order valence-electron chi connectivity index (χ4n) is 8.71. The molecule has 0 unspecified atom stereocenters. The Morgan fingerprint density at radius 3 is 1.69 bits per heavy atom. The van der Waals surface area contributed by atoms with Crippen LogP contribution >= 0.6 is 22.7 Å². The summed E-state index contributed by atoms with van der Waals surface area (Å²) in [5.74, 6) is 1.50. The Labute approximate surface area is 360 Å². The number of ether oxygens (including phenoxy) is 2. The zero-order chi connectivity index (χ0) is 42.6. The molecule has 2 aliphatic carbocycles. The molecule has 1 amide bonds. The number of aryl methyl sites for hydroxylation is 2. The maximum absolute atomic E-state index is 13.0. The largest absolute Gasteiger partial charge is 0.493 e. The molecule has 62 heavy (non-hydrogen) atoms. The minimum absolute atomic E-state index is 0.00184. The summed E-state index contributed by atoms with van der Waals surface area (Å²) in [5, 5.41) is 46.3. The van der Waals surface area contributed by atoms with Crippen LogP contribution in [0.1, 0.15) is 33.7 Å². The average Bonchev–Trinajstić information content (AvgIpc) is 4.13. The van der Waals surface area contributed by atoms with Crippen molar-refractivity contribution in [3.63, 3.8) is 0 Å².